The molecule has 105 heavy (non-hydrogen) atoms. The molecule has 5 fully saturated rings. The normalized spacial score (nSPS) is 32.0. The van der Waals surface area contributed by atoms with Crippen LogP contribution in [0.2, 0.25) is 0 Å². The predicted molar refractivity (Wildman–Crippen MR) is 389 cm³/mol. The van der Waals surface area contributed by atoms with Crippen molar-refractivity contribution < 1.29 is 81.7 Å². The minimum atomic E-state index is -2.50. The van der Waals surface area contributed by atoms with Crippen molar-refractivity contribution in [2.75, 3.05) is 116 Å². The van der Waals surface area contributed by atoms with Crippen molar-refractivity contribution in [3.05, 3.63) is 83.0 Å². The number of nitrogens with zero attached hydrogens (tertiary/aromatic N) is 10. The van der Waals surface area contributed by atoms with Crippen LogP contribution in [0.25, 0.3) is 0 Å². The summed E-state index contributed by atoms with van der Waals surface area (Å²) in [6, 6.07) is -2.21. The number of carbonyl (C=O) groups is 8. The first kappa shape index (κ1) is 81.8. The molecule has 0 spiro atoms. The number of piperazine rings is 2. The second kappa shape index (κ2) is 38.5. The van der Waals surface area contributed by atoms with Crippen molar-refractivity contribution in [1.82, 2.24) is 39.5 Å². The van der Waals surface area contributed by atoms with Crippen molar-refractivity contribution >= 4 is 58.9 Å². The molecule has 3 amide bonds. The molecule has 2 aromatic rings. The number of Topliss-reactive ketones (excluding diaryl/α,β-unsaturated/α-hetero) is 4. The van der Waals surface area contributed by atoms with Crippen LogP contribution in [0.15, 0.2) is 66.2 Å². The smallest absolute Gasteiger partial charge is 0.410 e. The number of methoxy groups -OCH3 is 3. The molecule has 578 valence electrons. The van der Waals surface area contributed by atoms with Crippen LogP contribution in [-0.2, 0) is 74.9 Å². The van der Waals surface area contributed by atoms with Crippen LogP contribution in [-0.4, -0.2) is 264 Å². The quantitative estimate of drug-likeness (QED) is 0.0593. The molecule has 8 heterocycles. The molecule has 7 aliphatic rings. The van der Waals surface area contributed by atoms with Gasteiger partial charge in [-0.1, -0.05) is 64.2 Å². The van der Waals surface area contributed by atoms with Gasteiger partial charge >= 0.3 is 12.1 Å². The molecule has 2 aromatic heterocycles. The maximum Gasteiger partial charge on any atom is 0.410 e. The molecule has 9 rings (SSSR count). The second-order valence-electron chi connectivity index (χ2n) is 29.8. The Morgan fingerprint density at radius 2 is 1.47 bits per heavy atom. The van der Waals surface area contributed by atoms with E-state index in [1.54, 1.807) is 71.5 Å². The number of hydrogen-bond acceptors (Lipinski definition) is 25. The number of ether oxygens (including phenoxy) is 7. The van der Waals surface area contributed by atoms with Crippen LogP contribution in [0.1, 0.15) is 154 Å². The fourth-order valence-electron chi connectivity index (χ4n) is 15.4. The van der Waals surface area contributed by atoms with Gasteiger partial charge in [0.05, 0.1) is 55.7 Å². The van der Waals surface area contributed by atoms with E-state index >= 15 is 0 Å². The SMILES string of the molecule is CO[C@H]1C[C@@H]2CC[C@@H](C)[C@@](O)(O2)C(=O)C(=O)N2CCCC[C@H]2C(=O)O[C@H]([C@H](N)C[C@@H]2CC[C@@H](OC(=O)N3CCc4nc(N5CCN(C(=O)CCOCCN6CCN(c7ncc(C(C)=O)cn7)CC6)CC5)ncc4C3)[C@H](OC)C2)CC(=O)[C@H](C)/C=C(\C)[C@@H](O)[C@@H](OC)C(=O)[C@H](C)C[C@H](C)/C=C/C=C/C=C/1C. The highest BCUT2D eigenvalue weighted by molar-refractivity contribution is 6.39. The van der Waals surface area contributed by atoms with Gasteiger partial charge in [-0.25, -0.2) is 29.5 Å². The molecule has 2 bridgehead atoms. The number of anilines is 2. The van der Waals surface area contributed by atoms with Gasteiger partial charge in [-0.2, -0.15) is 0 Å². The third kappa shape index (κ3) is 21.5. The third-order valence-electron chi connectivity index (χ3n) is 22.3. The molecule has 1 aliphatic carbocycles. The zero-order valence-electron chi connectivity index (χ0n) is 63.1. The van der Waals surface area contributed by atoms with Gasteiger partial charge in [0, 0.05) is 161 Å². The summed E-state index contributed by atoms with van der Waals surface area (Å²) >= 11 is 0. The van der Waals surface area contributed by atoms with E-state index in [0.717, 1.165) is 54.5 Å². The molecule has 6 aliphatic heterocycles. The molecule has 4 N–H and O–H groups in total. The Labute approximate surface area is 617 Å². The van der Waals surface area contributed by atoms with E-state index in [9.17, 15) is 48.6 Å². The summed E-state index contributed by atoms with van der Waals surface area (Å²) in [4.78, 5) is 141. The molecule has 0 radical (unpaired) electrons. The van der Waals surface area contributed by atoms with E-state index in [1.165, 1.54) is 14.0 Å². The Balaban J connectivity index is 0.789. The zero-order chi connectivity index (χ0) is 75.6. The number of hydrogen-bond donors (Lipinski definition) is 3. The lowest BCUT2D eigenvalue weighted by atomic mass is 9.80. The van der Waals surface area contributed by atoms with Crippen LogP contribution in [0.4, 0.5) is 16.7 Å². The minimum absolute atomic E-state index is 0.0116. The van der Waals surface area contributed by atoms with Crippen molar-refractivity contribution in [1.29, 1.82) is 0 Å². The van der Waals surface area contributed by atoms with E-state index in [-0.39, 0.29) is 68.1 Å². The number of fused-ring (bicyclic) bond motifs is 4. The lowest BCUT2D eigenvalue weighted by Gasteiger charge is -2.42. The second-order valence-corrected chi connectivity index (χ2v) is 29.8. The largest absolute Gasteiger partial charge is 0.459 e. The monoisotopic (exact) mass is 1460 g/mol. The highest BCUT2D eigenvalue weighted by Crippen LogP contribution is 2.38. The maximum absolute atomic E-state index is 14.8. The fraction of sp³-hybridized carbons (Fsp3) is 0.688. The summed E-state index contributed by atoms with van der Waals surface area (Å²) in [5, 5.41) is 23.8. The molecular formula is C77H113N11O17. The molecule has 0 aromatic carbocycles. The summed E-state index contributed by atoms with van der Waals surface area (Å²) in [7, 11) is 4.47. The van der Waals surface area contributed by atoms with E-state index in [4.69, 9.17) is 48.9 Å². The van der Waals surface area contributed by atoms with E-state index in [1.807, 2.05) is 49.1 Å². The number of aliphatic hydroxyl groups is 2. The molecule has 28 nitrogen and oxygen atoms in total. The Kier molecular flexibility index (Phi) is 30.0. The Morgan fingerprint density at radius 1 is 0.752 bits per heavy atom. The average Bonchev–Trinajstić information content (AvgIpc) is 0.779. The van der Waals surface area contributed by atoms with Crippen LogP contribution < -0.4 is 15.5 Å². The molecule has 0 unspecified atom stereocenters. The summed E-state index contributed by atoms with van der Waals surface area (Å²) in [6.07, 6.45) is 14.0. The lowest BCUT2D eigenvalue weighted by Crippen LogP contribution is -2.61. The Bertz CT molecular complexity index is 3450. The highest BCUT2D eigenvalue weighted by Gasteiger charge is 2.53. The molecule has 15 atom stereocenters. The molecule has 4 saturated heterocycles. The number of rotatable bonds is 16. The van der Waals surface area contributed by atoms with Crippen molar-refractivity contribution in [3.8, 4) is 0 Å². The summed E-state index contributed by atoms with van der Waals surface area (Å²) < 4.78 is 42.2. The number of esters is 1. The van der Waals surface area contributed by atoms with Gasteiger partial charge in [0.1, 0.15) is 36.2 Å². The van der Waals surface area contributed by atoms with Gasteiger partial charge < -0.3 is 73.6 Å². The van der Waals surface area contributed by atoms with Crippen LogP contribution >= 0.6 is 0 Å². The number of cyclic esters (lactones) is 1. The first-order valence-electron chi connectivity index (χ1n) is 37.7. The highest BCUT2D eigenvalue weighted by atomic mass is 16.6. The first-order valence-corrected chi connectivity index (χ1v) is 37.7. The number of aromatic nitrogens is 4. The van der Waals surface area contributed by atoms with Gasteiger partial charge in [0.2, 0.25) is 23.6 Å². The Hall–Kier alpha value is -7.28. The topological polar surface area (TPSA) is 339 Å². The summed E-state index contributed by atoms with van der Waals surface area (Å²) in [5.74, 6) is -7.49. The zero-order valence-corrected chi connectivity index (χ0v) is 63.1. The van der Waals surface area contributed by atoms with Gasteiger partial charge in [0.25, 0.3) is 11.7 Å². The van der Waals surface area contributed by atoms with Crippen molar-refractivity contribution in [2.24, 2.45) is 35.3 Å². The van der Waals surface area contributed by atoms with E-state index in [2.05, 4.69) is 24.7 Å². The van der Waals surface area contributed by atoms with E-state index in [0.29, 0.717) is 133 Å². The van der Waals surface area contributed by atoms with Crippen molar-refractivity contribution in [2.45, 2.75) is 206 Å². The lowest BCUT2D eigenvalue weighted by molar-refractivity contribution is -0.265. The number of piperidine rings is 1. The molecular weight excluding hydrogens is 1350 g/mol. The summed E-state index contributed by atoms with van der Waals surface area (Å²) in [5.41, 5.74) is 10.4. The minimum Gasteiger partial charge on any atom is -0.459 e. The number of allylic oxidation sites excluding steroid dienone is 6. The fourth-order valence-corrected chi connectivity index (χ4v) is 15.4. The van der Waals surface area contributed by atoms with Crippen molar-refractivity contribution in [3.63, 3.8) is 0 Å². The average molecular weight is 1460 g/mol. The third-order valence-corrected chi connectivity index (χ3v) is 22.3. The van der Waals surface area contributed by atoms with Gasteiger partial charge in [-0.3, -0.25) is 33.7 Å². The number of carbonyl (C=O) groups excluding carboxylic acids is 8. The molecule has 28 heteroatoms. The van der Waals surface area contributed by atoms with Crippen LogP contribution in [0.5, 0.6) is 0 Å². The van der Waals surface area contributed by atoms with Gasteiger partial charge in [-0.05, 0) is 108 Å². The number of amides is 3. The maximum atomic E-state index is 14.8. The number of nitrogens with two attached hydrogens (primary N) is 1. The standard InChI is InChI=1S/C77H113N11O17/c1-48-16-12-11-13-17-49(2)64(99-8)42-58-21-19-53(6)77(98,105-58)71(94)72(95)88-25-15-14-18-61(88)73(96)103-65(43-62(90)50(3)39-52(5)69(93)70(101-10)68(92)51(4)38-48)59(78)40-55-20-22-63(66(41-55)100-9)104-76(97)87-26-23-60-57(47-87)46-81-75(82-60)86-33-31-84(32-34-86)67(91)24-36-102-37-35-83-27-29-85(30-28-83)74-79-44-56(45-80-74)54(7)89/h11-13,16-17,39,44-46,48,50-51,53,55,58-59,61,63-66,69-70,93,98H,14-15,18-38,40-43,47,78H2,1-10H3/b13-11+,16-12+,49-17+,52-39+/t48-,50-,51-,53-,55+,58+,59-,61+,63-,64+,65+,66-,69-,70+,77-/m1/s1. The number of aliphatic hydroxyl groups excluding tert-OH is 1. The predicted octanol–water partition coefficient (Wildman–Crippen LogP) is 5.73. The summed E-state index contributed by atoms with van der Waals surface area (Å²) in [6.45, 7) is 19.7. The van der Waals surface area contributed by atoms with Crippen LogP contribution in [0.3, 0.4) is 0 Å². The van der Waals surface area contributed by atoms with Crippen LogP contribution in [0, 0.1) is 29.6 Å². The number of ketones is 4. The molecule has 1 saturated carbocycles. The van der Waals surface area contributed by atoms with Gasteiger partial charge in [-0.15, -0.1) is 0 Å². The van der Waals surface area contributed by atoms with E-state index < -0.39 is 108 Å². The Morgan fingerprint density at radius 3 is 2.17 bits per heavy atom. The first-order chi connectivity index (χ1) is 50.3. The van der Waals surface area contributed by atoms with Gasteiger partial charge in [0.15, 0.2) is 11.6 Å².